The fourth-order valence-electron chi connectivity index (χ4n) is 3.25. The number of carbonyl (C=O) groups excluding carboxylic acids is 1. The lowest BCUT2D eigenvalue weighted by Gasteiger charge is -2.18. The Balaban J connectivity index is 2.13. The third-order valence-corrected chi connectivity index (χ3v) is 7.34. The molecule has 11 heteroatoms. The highest BCUT2D eigenvalue weighted by molar-refractivity contribution is 9.10. The maximum Gasteiger partial charge on any atom is 0.346 e. The Bertz CT molecular complexity index is 1360. The smallest absolute Gasteiger partial charge is 0.346 e. The van der Waals surface area contributed by atoms with Crippen LogP contribution in [0, 0.1) is 0 Å². The average molecular weight is 630 g/mol. The van der Waals surface area contributed by atoms with E-state index >= 15 is 0 Å². The zero-order chi connectivity index (χ0) is 25.9. The molecule has 0 spiro atoms. The largest absolute Gasteiger partial charge is 0.493 e. The van der Waals surface area contributed by atoms with E-state index in [-0.39, 0.29) is 28.0 Å². The summed E-state index contributed by atoms with van der Waals surface area (Å²) in [6.45, 7) is 5.55. The van der Waals surface area contributed by atoms with Crippen LogP contribution in [0.5, 0.6) is 11.5 Å². The van der Waals surface area contributed by atoms with Crippen molar-refractivity contribution >= 4 is 66.5 Å². The van der Waals surface area contributed by atoms with Gasteiger partial charge in [-0.15, -0.1) is 0 Å². The summed E-state index contributed by atoms with van der Waals surface area (Å²) in [6, 6.07) is 7.01. The van der Waals surface area contributed by atoms with Crippen LogP contribution in [0.15, 0.2) is 43.1 Å². The molecule has 0 aliphatic carbocycles. The molecule has 0 aliphatic rings. The predicted octanol–water partition coefficient (Wildman–Crippen LogP) is 5.92. The van der Waals surface area contributed by atoms with Crippen LogP contribution in [-0.2, 0) is 9.53 Å². The van der Waals surface area contributed by atoms with Crippen LogP contribution >= 0.6 is 43.5 Å². The lowest BCUT2D eigenvalue weighted by atomic mass is 10.1. The molecule has 1 heterocycles. The molecule has 1 aromatic heterocycles. The highest BCUT2D eigenvalue weighted by atomic mass is 79.9. The van der Waals surface area contributed by atoms with Crippen molar-refractivity contribution in [2.24, 2.45) is 5.10 Å². The van der Waals surface area contributed by atoms with Crippen LogP contribution in [0.1, 0.15) is 44.5 Å². The average Bonchev–Trinajstić information content (AvgIpc) is 2.86. The van der Waals surface area contributed by atoms with E-state index in [1.807, 2.05) is 19.9 Å². The second kappa shape index (κ2) is 11.5. The third-order valence-electron chi connectivity index (χ3n) is 5.40. The lowest BCUT2D eigenvalue weighted by molar-refractivity contribution is -0.147. The highest BCUT2D eigenvalue weighted by Crippen LogP contribution is 2.42. The van der Waals surface area contributed by atoms with E-state index in [4.69, 9.17) is 30.8 Å². The van der Waals surface area contributed by atoms with Crippen molar-refractivity contribution in [1.29, 1.82) is 0 Å². The predicted molar refractivity (Wildman–Crippen MR) is 143 cm³/mol. The fraction of sp³-hybridized carbons (Fsp3) is 0.333. The molecular formula is C24H24Br2ClN3O5. The molecule has 0 aliphatic heterocycles. The standard InChI is InChI=1S/C24H24Br2ClN3O5/c1-6-12(2)22-29-17-8-7-15(25)10-16(17)23(31)30(22)28-11-14-9-18(33-4)21(20(27)19(14)26)35-13(3)24(32)34-5/h7-13H,6H2,1-5H3/t12-,13+/m1/s1. The molecular weight excluding hydrogens is 606 g/mol. The van der Waals surface area contributed by atoms with Gasteiger partial charge in [0.15, 0.2) is 17.6 Å². The van der Waals surface area contributed by atoms with Gasteiger partial charge < -0.3 is 14.2 Å². The number of esters is 1. The maximum atomic E-state index is 13.3. The number of carbonyl (C=O) groups is 1. The van der Waals surface area contributed by atoms with Crippen LogP contribution in [0.4, 0.5) is 0 Å². The van der Waals surface area contributed by atoms with Gasteiger partial charge in [0.1, 0.15) is 10.8 Å². The van der Waals surface area contributed by atoms with Crippen molar-refractivity contribution in [3.05, 3.63) is 60.0 Å². The number of hydrogen-bond donors (Lipinski definition) is 0. The first-order valence-electron chi connectivity index (χ1n) is 10.7. The molecule has 0 N–H and O–H groups in total. The van der Waals surface area contributed by atoms with Gasteiger partial charge in [-0.05, 0) is 53.5 Å². The van der Waals surface area contributed by atoms with Crippen molar-refractivity contribution < 1.29 is 19.0 Å². The number of benzene rings is 2. The molecule has 0 saturated heterocycles. The molecule has 2 aromatic carbocycles. The van der Waals surface area contributed by atoms with Crippen LogP contribution < -0.4 is 15.0 Å². The summed E-state index contributed by atoms with van der Waals surface area (Å²) < 4.78 is 18.3. The summed E-state index contributed by atoms with van der Waals surface area (Å²) in [4.78, 5) is 29.8. The van der Waals surface area contributed by atoms with Gasteiger partial charge in [-0.3, -0.25) is 4.79 Å². The van der Waals surface area contributed by atoms with Crippen LogP contribution in [0.2, 0.25) is 5.02 Å². The van der Waals surface area contributed by atoms with Crippen LogP contribution in [0.25, 0.3) is 10.9 Å². The molecule has 0 saturated carbocycles. The van der Waals surface area contributed by atoms with Crippen molar-refractivity contribution in [1.82, 2.24) is 9.66 Å². The monoisotopic (exact) mass is 627 g/mol. The Morgan fingerprint density at radius 3 is 2.60 bits per heavy atom. The first kappa shape index (κ1) is 27.2. The number of methoxy groups -OCH3 is 2. The summed E-state index contributed by atoms with van der Waals surface area (Å²) >= 11 is 13.4. The Morgan fingerprint density at radius 2 is 1.97 bits per heavy atom. The van der Waals surface area contributed by atoms with Gasteiger partial charge in [0, 0.05) is 20.4 Å². The molecule has 186 valence electrons. The lowest BCUT2D eigenvalue weighted by Crippen LogP contribution is -2.25. The molecule has 0 bridgehead atoms. The maximum absolute atomic E-state index is 13.3. The number of rotatable bonds is 8. The fourth-order valence-corrected chi connectivity index (χ4v) is 4.25. The number of fused-ring (bicyclic) bond motifs is 1. The molecule has 2 atom stereocenters. The number of halogens is 3. The van der Waals surface area contributed by atoms with Gasteiger partial charge in [0.05, 0.1) is 31.3 Å². The number of nitrogens with zero attached hydrogens (tertiary/aromatic N) is 3. The number of hydrogen-bond acceptors (Lipinski definition) is 7. The Labute approximate surface area is 224 Å². The number of aromatic nitrogens is 2. The molecule has 8 nitrogen and oxygen atoms in total. The molecule has 3 rings (SSSR count). The molecule has 3 aromatic rings. The molecule has 0 unspecified atom stereocenters. The van der Waals surface area contributed by atoms with Crippen molar-refractivity contribution in [2.45, 2.75) is 39.2 Å². The number of ether oxygens (including phenoxy) is 3. The van der Waals surface area contributed by atoms with E-state index in [2.05, 4.69) is 37.0 Å². The van der Waals surface area contributed by atoms with Gasteiger partial charge in [-0.2, -0.15) is 9.78 Å². The third kappa shape index (κ3) is 5.70. The Morgan fingerprint density at radius 1 is 1.26 bits per heavy atom. The second-order valence-corrected chi connectivity index (χ2v) is 9.80. The van der Waals surface area contributed by atoms with Gasteiger partial charge in [-0.1, -0.05) is 41.4 Å². The van der Waals surface area contributed by atoms with E-state index in [1.165, 1.54) is 25.1 Å². The molecule has 0 amide bonds. The summed E-state index contributed by atoms with van der Waals surface area (Å²) in [5, 5.41) is 5.10. The normalized spacial score (nSPS) is 13.1. The van der Waals surface area contributed by atoms with Gasteiger partial charge in [0.2, 0.25) is 0 Å². The summed E-state index contributed by atoms with van der Waals surface area (Å²) in [6.07, 6.45) is 1.36. The zero-order valence-corrected chi connectivity index (χ0v) is 23.7. The van der Waals surface area contributed by atoms with Gasteiger partial charge in [0.25, 0.3) is 5.56 Å². The zero-order valence-electron chi connectivity index (χ0n) is 19.8. The minimum absolute atomic E-state index is 0.00922. The van der Waals surface area contributed by atoms with E-state index in [9.17, 15) is 9.59 Å². The minimum atomic E-state index is -0.905. The Kier molecular flexibility index (Phi) is 8.95. The first-order valence-corrected chi connectivity index (χ1v) is 12.7. The first-order chi connectivity index (χ1) is 16.6. The quantitative estimate of drug-likeness (QED) is 0.227. The van der Waals surface area contributed by atoms with Crippen LogP contribution in [0.3, 0.4) is 0 Å². The molecule has 0 radical (unpaired) electrons. The van der Waals surface area contributed by atoms with Crippen molar-refractivity contribution in [3.8, 4) is 11.5 Å². The Hall–Kier alpha value is -2.43. The van der Waals surface area contributed by atoms with Gasteiger partial charge in [-0.25, -0.2) is 9.78 Å². The summed E-state index contributed by atoms with van der Waals surface area (Å²) in [5.41, 5.74) is 0.845. The second-order valence-electron chi connectivity index (χ2n) is 7.71. The van der Waals surface area contributed by atoms with Gasteiger partial charge >= 0.3 is 5.97 Å². The SMILES string of the molecule is CC[C@@H](C)c1nc2ccc(Br)cc2c(=O)n1N=Cc1cc(OC)c(O[C@@H](C)C(=O)OC)c(Cl)c1Br. The van der Waals surface area contributed by atoms with E-state index in [0.717, 1.165) is 10.9 Å². The topological polar surface area (TPSA) is 92.0 Å². The molecule has 0 fully saturated rings. The van der Waals surface area contributed by atoms with E-state index in [1.54, 1.807) is 25.1 Å². The summed E-state index contributed by atoms with van der Waals surface area (Å²) in [7, 11) is 2.72. The summed E-state index contributed by atoms with van der Waals surface area (Å²) in [5.74, 6) is 0.433. The van der Waals surface area contributed by atoms with Crippen molar-refractivity contribution in [2.75, 3.05) is 14.2 Å². The van der Waals surface area contributed by atoms with E-state index < -0.39 is 12.1 Å². The van der Waals surface area contributed by atoms with E-state index in [0.29, 0.717) is 26.8 Å². The highest BCUT2D eigenvalue weighted by Gasteiger charge is 2.23. The van der Waals surface area contributed by atoms with Crippen LogP contribution in [-0.4, -0.2) is 42.2 Å². The van der Waals surface area contributed by atoms with Crippen molar-refractivity contribution in [3.63, 3.8) is 0 Å². The minimum Gasteiger partial charge on any atom is -0.493 e. The molecule has 35 heavy (non-hydrogen) atoms.